The molecule has 0 saturated carbocycles. The van der Waals surface area contributed by atoms with E-state index in [1.54, 1.807) is 12.0 Å². The Hall–Kier alpha value is -1.27. The van der Waals surface area contributed by atoms with Crippen LogP contribution in [0.1, 0.15) is 18.5 Å². The summed E-state index contributed by atoms with van der Waals surface area (Å²) in [6, 6.07) is 5.73. The predicted molar refractivity (Wildman–Crippen MR) is 77.2 cm³/mol. The van der Waals surface area contributed by atoms with Crippen LogP contribution in [0.2, 0.25) is 0 Å². The average Bonchev–Trinajstić information content (AvgIpc) is 2.70. The Morgan fingerprint density at radius 2 is 2.37 bits per heavy atom. The maximum absolute atomic E-state index is 11.8. The van der Waals surface area contributed by atoms with Gasteiger partial charge in [-0.3, -0.25) is 0 Å². The maximum atomic E-state index is 11.8. The Labute approximate surface area is 121 Å². The highest BCUT2D eigenvalue weighted by Gasteiger charge is 2.30. The number of nitrogens with one attached hydrogen (secondary N) is 1. The molecule has 1 aliphatic heterocycles. The summed E-state index contributed by atoms with van der Waals surface area (Å²) in [5, 5.41) is 2.96. The summed E-state index contributed by atoms with van der Waals surface area (Å²) in [5.41, 5.74) is 6.78. The number of hydrogen-bond acceptors (Lipinski definition) is 3. The van der Waals surface area contributed by atoms with Crippen LogP contribution in [0.3, 0.4) is 0 Å². The van der Waals surface area contributed by atoms with Crippen LogP contribution >= 0.6 is 15.9 Å². The van der Waals surface area contributed by atoms with E-state index < -0.39 is 0 Å². The molecular weight excluding hydrogens is 310 g/mol. The van der Waals surface area contributed by atoms with Gasteiger partial charge in [0.2, 0.25) is 0 Å². The summed E-state index contributed by atoms with van der Waals surface area (Å²) in [6.45, 7) is 3.10. The van der Waals surface area contributed by atoms with Crippen molar-refractivity contribution < 1.29 is 9.53 Å². The van der Waals surface area contributed by atoms with Crippen LogP contribution < -0.4 is 15.8 Å². The summed E-state index contributed by atoms with van der Waals surface area (Å²) in [5.74, 6) is 0.778. The fourth-order valence-corrected chi connectivity index (χ4v) is 2.74. The van der Waals surface area contributed by atoms with Crippen molar-refractivity contribution in [2.45, 2.75) is 19.0 Å². The third-order valence-electron chi connectivity index (χ3n) is 3.07. The second kappa shape index (κ2) is 5.79. The minimum atomic E-state index is -0.0609. The smallest absolute Gasteiger partial charge is 0.318 e. The number of methoxy groups -OCH3 is 1. The molecule has 2 amide bonds. The van der Waals surface area contributed by atoms with Crippen LogP contribution in [-0.2, 0) is 0 Å². The molecule has 0 spiro atoms. The van der Waals surface area contributed by atoms with E-state index in [4.69, 9.17) is 10.5 Å². The van der Waals surface area contributed by atoms with E-state index in [1.807, 2.05) is 25.1 Å². The van der Waals surface area contributed by atoms with Crippen molar-refractivity contribution in [3.05, 3.63) is 28.2 Å². The predicted octanol–water partition coefficient (Wildman–Crippen LogP) is 1.87. The summed E-state index contributed by atoms with van der Waals surface area (Å²) < 4.78 is 6.08. The van der Waals surface area contributed by atoms with Crippen LogP contribution in [0.5, 0.6) is 5.75 Å². The van der Waals surface area contributed by atoms with Gasteiger partial charge in [-0.2, -0.15) is 0 Å². The number of hydrogen-bond donors (Lipinski definition) is 2. The van der Waals surface area contributed by atoms with Crippen molar-refractivity contribution in [1.82, 2.24) is 10.2 Å². The Bertz CT molecular complexity index is 479. The fourth-order valence-electron chi connectivity index (χ4n) is 2.18. The van der Waals surface area contributed by atoms with E-state index in [9.17, 15) is 4.79 Å². The topological polar surface area (TPSA) is 67.6 Å². The van der Waals surface area contributed by atoms with Gasteiger partial charge in [-0.15, -0.1) is 0 Å². The molecule has 0 radical (unpaired) electrons. The quantitative estimate of drug-likeness (QED) is 0.887. The number of halogens is 1. The number of amides is 2. The number of ether oxygens (including phenoxy) is 1. The molecule has 5 nitrogen and oxygen atoms in total. The van der Waals surface area contributed by atoms with E-state index >= 15 is 0 Å². The normalized spacial score (nSPS) is 20.3. The highest BCUT2D eigenvalue weighted by Crippen LogP contribution is 2.29. The molecule has 19 heavy (non-hydrogen) atoms. The SMILES string of the molecule is COc1ccc(C2CN(CC(C)N)C(=O)N2)cc1Br. The largest absolute Gasteiger partial charge is 0.496 e. The summed E-state index contributed by atoms with van der Waals surface area (Å²) >= 11 is 3.45. The van der Waals surface area contributed by atoms with Gasteiger partial charge >= 0.3 is 6.03 Å². The Morgan fingerprint density at radius 1 is 1.63 bits per heavy atom. The van der Waals surface area contributed by atoms with Gasteiger partial charge in [0, 0.05) is 19.1 Å². The molecule has 1 aromatic rings. The van der Waals surface area contributed by atoms with Crippen molar-refractivity contribution in [1.29, 1.82) is 0 Å². The first-order valence-corrected chi connectivity index (χ1v) is 6.95. The van der Waals surface area contributed by atoms with Crippen molar-refractivity contribution in [3.8, 4) is 5.75 Å². The first-order chi connectivity index (χ1) is 9.01. The van der Waals surface area contributed by atoms with E-state index in [1.165, 1.54) is 0 Å². The molecule has 0 aliphatic carbocycles. The van der Waals surface area contributed by atoms with E-state index in [0.717, 1.165) is 15.8 Å². The second-order valence-electron chi connectivity index (χ2n) is 4.78. The lowest BCUT2D eigenvalue weighted by atomic mass is 10.1. The molecule has 0 aromatic heterocycles. The first kappa shape index (κ1) is 14.1. The zero-order valence-corrected chi connectivity index (χ0v) is 12.6. The fraction of sp³-hybridized carbons (Fsp3) is 0.462. The molecule has 1 heterocycles. The van der Waals surface area contributed by atoms with Gasteiger partial charge in [-0.1, -0.05) is 6.07 Å². The lowest BCUT2D eigenvalue weighted by molar-refractivity contribution is 0.215. The van der Waals surface area contributed by atoms with Crippen LogP contribution in [0.4, 0.5) is 4.79 Å². The van der Waals surface area contributed by atoms with Crippen molar-refractivity contribution in [3.63, 3.8) is 0 Å². The highest BCUT2D eigenvalue weighted by atomic mass is 79.9. The van der Waals surface area contributed by atoms with E-state index in [0.29, 0.717) is 13.1 Å². The van der Waals surface area contributed by atoms with Gasteiger partial charge in [0.25, 0.3) is 0 Å². The lowest BCUT2D eigenvalue weighted by Gasteiger charge is -2.17. The molecule has 1 fully saturated rings. The van der Waals surface area contributed by atoms with Crippen molar-refractivity contribution in [2.24, 2.45) is 5.73 Å². The average molecular weight is 328 g/mol. The lowest BCUT2D eigenvalue weighted by Crippen LogP contribution is -2.37. The number of nitrogens with two attached hydrogens (primary N) is 1. The third-order valence-corrected chi connectivity index (χ3v) is 3.69. The Balaban J connectivity index is 2.11. The van der Waals surface area contributed by atoms with Gasteiger partial charge in [0.05, 0.1) is 17.6 Å². The number of carbonyl (C=O) groups is 1. The summed E-state index contributed by atoms with van der Waals surface area (Å²) in [4.78, 5) is 13.6. The Morgan fingerprint density at radius 3 is 2.95 bits per heavy atom. The molecule has 104 valence electrons. The molecule has 2 atom stereocenters. The zero-order valence-electron chi connectivity index (χ0n) is 11.0. The number of nitrogens with zero attached hydrogens (tertiary/aromatic N) is 1. The number of urea groups is 1. The molecule has 0 bridgehead atoms. The van der Waals surface area contributed by atoms with Crippen LogP contribution in [-0.4, -0.2) is 37.2 Å². The Kier molecular flexibility index (Phi) is 4.31. The molecule has 2 rings (SSSR count). The minimum Gasteiger partial charge on any atom is -0.496 e. The molecule has 1 aliphatic rings. The molecular formula is C13H18BrN3O2. The van der Waals surface area contributed by atoms with Gasteiger partial charge < -0.3 is 20.7 Å². The van der Waals surface area contributed by atoms with Crippen LogP contribution in [0, 0.1) is 0 Å². The summed E-state index contributed by atoms with van der Waals surface area (Å²) in [6.07, 6.45) is 0. The van der Waals surface area contributed by atoms with Gasteiger partial charge in [0.15, 0.2) is 0 Å². The monoisotopic (exact) mass is 327 g/mol. The summed E-state index contributed by atoms with van der Waals surface area (Å²) in [7, 11) is 1.63. The van der Waals surface area contributed by atoms with Crippen molar-refractivity contribution >= 4 is 22.0 Å². The van der Waals surface area contributed by atoms with Gasteiger partial charge in [-0.25, -0.2) is 4.79 Å². The molecule has 1 saturated heterocycles. The minimum absolute atomic E-state index is 0.00606. The van der Waals surface area contributed by atoms with Crippen molar-refractivity contribution in [2.75, 3.05) is 20.2 Å². The third kappa shape index (κ3) is 3.19. The second-order valence-corrected chi connectivity index (χ2v) is 5.63. The first-order valence-electron chi connectivity index (χ1n) is 6.15. The molecule has 6 heteroatoms. The van der Waals surface area contributed by atoms with Crippen LogP contribution in [0.25, 0.3) is 0 Å². The standard InChI is InChI=1S/C13H18BrN3O2/c1-8(15)6-17-7-11(16-13(17)18)9-3-4-12(19-2)10(14)5-9/h3-5,8,11H,6-7,15H2,1-2H3,(H,16,18). The number of rotatable bonds is 4. The highest BCUT2D eigenvalue weighted by molar-refractivity contribution is 9.10. The molecule has 3 N–H and O–H groups in total. The maximum Gasteiger partial charge on any atom is 0.318 e. The van der Waals surface area contributed by atoms with Gasteiger partial charge in [0.1, 0.15) is 5.75 Å². The number of carbonyl (C=O) groups excluding carboxylic acids is 1. The number of benzene rings is 1. The molecule has 1 aromatic carbocycles. The van der Waals surface area contributed by atoms with E-state index in [2.05, 4.69) is 21.2 Å². The van der Waals surface area contributed by atoms with E-state index in [-0.39, 0.29) is 18.1 Å². The molecule has 2 unspecified atom stereocenters. The van der Waals surface area contributed by atoms with Crippen LogP contribution in [0.15, 0.2) is 22.7 Å². The zero-order chi connectivity index (χ0) is 14.0. The van der Waals surface area contributed by atoms with Gasteiger partial charge in [-0.05, 0) is 40.5 Å².